The number of anilines is 1. The Hall–Kier alpha value is -2.24. The second-order valence-electron chi connectivity index (χ2n) is 3.82. The highest BCUT2D eigenvalue weighted by molar-refractivity contribution is 5.26. The van der Waals surface area contributed by atoms with Crippen molar-refractivity contribution in [3.05, 3.63) is 35.9 Å². The van der Waals surface area contributed by atoms with E-state index in [1.807, 2.05) is 32.0 Å². The summed E-state index contributed by atoms with van der Waals surface area (Å²) in [5.74, 6) is 1.18. The van der Waals surface area contributed by atoms with Crippen molar-refractivity contribution >= 4 is 5.95 Å². The topological polar surface area (TPSA) is 72.8 Å². The molecular formula is C13H17N5O. The molecule has 0 aliphatic rings. The lowest BCUT2D eigenvalue weighted by Crippen LogP contribution is -2.09. The average Bonchev–Trinajstić information content (AvgIpc) is 2.40. The van der Waals surface area contributed by atoms with Gasteiger partial charge in [0.15, 0.2) is 0 Å². The van der Waals surface area contributed by atoms with Gasteiger partial charge in [-0.1, -0.05) is 6.07 Å². The summed E-state index contributed by atoms with van der Waals surface area (Å²) in [7, 11) is 0. The molecule has 0 bridgehead atoms. The molecule has 1 N–H and O–H groups in total. The summed E-state index contributed by atoms with van der Waals surface area (Å²) in [5, 5.41) is 3.07. The largest absolute Gasteiger partial charge is 0.464 e. The molecule has 0 saturated carbocycles. The van der Waals surface area contributed by atoms with Crippen LogP contribution < -0.4 is 10.1 Å². The minimum absolute atomic E-state index is 0.347. The van der Waals surface area contributed by atoms with E-state index in [1.54, 1.807) is 6.20 Å². The molecule has 0 unspecified atom stereocenters. The molecule has 19 heavy (non-hydrogen) atoms. The van der Waals surface area contributed by atoms with Gasteiger partial charge in [-0.2, -0.15) is 15.0 Å². The monoisotopic (exact) mass is 259 g/mol. The summed E-state index contributed by atoms with van der Waals surface area (Å²) in [6.07, 6.45) is 2.31. The summed E-state index contributed by atoms with van der Waals surface area (Å²) >= 11 is 0. The highest BCUT2D eigenvalue weighted by Gasteiger charge is 2.08. The fourth-order valence-corrected chi connectivity index (χ4v) is 1.57. The van der Waals surface area contributed by atoms with Crippen molar-refractivity contribution in [1.82, 2.24) is 19.9 Å². The van der Waals surface area contributed by atoms with Crippen LogP contribution in [-0.2, 0) is 6.42 Å². The van der Waals surface area contributed by atoms with Crippen LogP contribution in [0.25, 0.3) is 0 Å². The highest BCUT2D eigenvalue weighted by atomic mass is 16.5. The van der Waals surface area contributed by atoms with Crippen molar-refractivity contribution < 1.29 is 4.74 Å². The van der Waals surface area contributed by atoms with Crippen LogP contribution in [0.15, 0.2) is 24.4 Å². The van der Waals surface area contributed by atoms with Crippen LogP contribution in [0.2, 0.25) is 0 Å². The van der Waals surface area contributed by atoms with Crippen molar-refractivity contribution in [1.29, 1.82) is 0 Å². The van der Waals surface area contributed by atoms with Gasteiger partial charge >= 0.3 is 6.01 Å². The third kappa shape index (κ3) is 3.87. The molecule has 2 heterocycles. The Bertz CT molecular complexity index is 493. The number of hydrogen-bond acceptors (Lipinski definition) is 6. The Kier molecular flexibility index (Phi) is 4.60. The SMILES string of the molecule is CCNc1nc(Cc2ccccn2)nc(OCC)n1. The third-order valence-corrected chi connectivity index (χ3v) is 2.33. The molecular weight excluding hydrogens is 242 g/mol. The first-order valence-electron chi connectivity index (χ1n) is 6.33. The van der Waals surface area contributed by atoms with Gasteiger partial charge in [0.05, 0.1) is 13.0 Å². The zero-order valence-corrected chi connectivity index (χ0v) is 11.1. The van der Waals surface area contributed by atoms with Crippen LogP contribution in [0.1, 0.15) is 25.4 Å². The molecule has 0 aliphatic heterocycles. The van der Waals surface area contributed by atoms with Crippen molar-refractivity contribution in [2.45, 2.75) is 20.3 Å². The molecule has 6 nitrogen and oxygen atoms in total. The molecule has 0 saturated heterocycles. The van der Waals surface area contributed by atoms with Crippen LogP contribution in [0.4, 0.5) is 5.95 Å². The number of ether oxygens (including phenoxy) is 1. The fraction of sp³-hybridized carbons (Fsp3) is 0.385. The van der Waals surface area contributed by atoms with Crippen LogP contribution in [0.3, 0.4) is 0 Å². The quantitative estimate of drug-likeness (QED) is 0.851. The molecule has 2 rings (SSSR count). The molecule has 0 aliphatic carbocycles. The van der Waals surface area contributed by atoms with Gasteiger partial charge < -0.3 is 10.1 Å². The zero-order valence-electron chi connectivity index (χ0n) is 11.1. The van der Waals surface area contributed by atoms with E-state index in [1.165, 1.54) is 0 Å². The van der Waals surface area contributed by atoms with Gasteiger partial charge in [0, 0.05) is 18.4 Å². The molecule has 0 fully saturated rings. The van der Waals surface area contributed by atoms with Gasteiger partial charge in [0.1, 0.15) is 5.82 Å². The molecule has 0 aromatic carbocycles. The lowest BCUT2D eigenvalue weighted by Gasteiger charge is -2.07. The minimum Gasteiger partial charge on any atom is -0.464 e. The van der Waals surface area contributed by atoms with E-state index >= 15 is 0 Å². The predicted molar refractivity (Wildman–Crippen MR) is 72.2 cm³/mol. The molecule has 2 aromatic heterocycles. The third-order valence-electron chi connectivity index (χ3n) is 2.33. The van der Waals surface area contributed by atoms with E-state index < -0.39 is 0 Å². The smallest absolute Gasteiger partial charge is 0.321 e. The summed E-state index contributed by atoms with van der Waals surface area (Å²) < 4.78 is 5.35. The molecule has 0 atom stereocenters. The Morgan fingerprint density at radius 3 is 2.74 bits per heavy atom. The summed E-state index contributed by atoms with van der Waals surface area (Å²) in [5.41, 5.74) is 0.915. The van der Waals surface area contributed by atoms with Gasteiger partial charge in [0.2, 0.25) is 5.95 Å². The summed E-state index contributed by atoms with van der Waals surface area (Å²) in [6, 6.07) is 6.11. The number of hydrogen-bond donors (Lipinski definition) is 1. The molecule has 0 amide bonds. The molecule has 2 aromatic rings. The van der Waals surface area contributed by atoms with Crippen LogP contribution >= 0.6 is 0 Å². The predicted octanol–water partition coefficient (Wildman–Crippen LogP) is 1.69. The first kappa shape index (κ1) is 13.2. The maximum atomic E-state index is 5.35. The maximum Gasteiger partial charge on any atom is 0.321 e. The van der Waals surface area contributed by atoms with Gasteiger partial charge in [-0.3, -0.25) is 4.98 Å². The standard InChI is InChI=1S/C13H17N5O/c1-3-14-12-16-11(17-13(18-12)19-4-2)9-10-7-5-6-8-15-10/h5-8H,3-4,9H2,1-2H3,(H,14,16,17,18). The Morgan fingerprint density at radius 2 is 2.05 bits per heavy atom. The van der Waals surface area contributed by atoms with Crippen molar-refractivity contribution in [2.24, 2.45) is 0 Å². The van der Waals surface area contributed by atoms with E-state index in [9.17, 15) is 0 Å². The maximum absolute atomic E-state index is 5.35. The summed E-state index contributed by atoms with van der Waals surface area (Å²) in [6.45, 7) is 5.16. The molecule has 6 heteroatoms. The average molecular weight is 259 g/mol. The first-order valence-corrected chi connectivity index (χ1v) is 6.33. The molecule has 0 spiro atoms. The normalized spacial score (nSPS) is 10.2. The Morgan fingerprint density at radius 1 is 1.16 bits per heavy atom. The van der Waals surface area contributed by atoms with E-state index in [4.69, 9.17) is 4.74 Å². The number of rotatable bonds is 6. The molecule has 100 valence electrons. The fourth-order valence-electron chi connectivity index (χ4n) is 1.57. The van der Waals surface area contributed by atoms with Crippen molar-refractivity contribution in [3.63, 3.8) is 0 Å². The van der Waals surface area contributed by atoms with Gasteiger partial charge in [-0.15, -0.1) is 0 Å². The first-order chi connectivity index (χ1) is 9.31. The van der Waals surface area contributed by atoms with E-state index in [0.717, 1.165) is 12.2 Å². The zero-order chi connectivity index (χ0) is 13.5. The second-order valence-corrected chi connectivity index (χ2v) is 3.82. The van der Waals surface area contributed by atoms with E-state index in [0.29, 0.717) is 30.8 Å². The number of pyridine rings is 1. The van der Waals surface area contributed by atoms with Crippen LogP contribution in [0, 0.1) is 0 Å². The van der Waals surface area contributed by atoms with E-state index in [-0.39, 0.29) is 0 Å². The van der Waals surface area contributed by atoms with Crippen LogP contribution in [-0.4, -0.2) is 33.1 Å². The number of nitrogens with one attached hydrogen (secondary N) is 1. The van der Waals surface area contributed by atoms with Crippen molar-refractivity contribution in [3.8, 4) is 6.01 Å². The molecule has 0 radical (unpaired) electrons. The van der Waals surface area contributed by atoms with Crippen LogP contribution in [0.5, 0.6) is 6.01 Å². The van der Waals surface area contributed by atoms with E-state index in [2.05, 4.69) is 25.3 Å². The second kappa shape index (κ2) is 6.63. The van der Waals surface area contributed by atoms with Gasteiger partial charge in [-0.05, 0) is 26.0 Å². The van der Waals surface area contributed by atoms with Gasteiger partial charge in [-0.25, -0.2) is 0 Å². The van der Waals surface area contributed by atoms with Gasteiger partial charge in [0.25, 0.3) is 0 Å². The Balaban J connectivity index is 2.23. The Labute approximate surface area is 112 Å². The summed E-state index contributed by atoms with van der Waals surface area (Å²) in [4.78, 5) is 17.1. The minimum atomic E-state index is 0.347. The highest BCUT2D eigenvalue weighted by Crippen LogP contribution is 2.10. The number of aromatic nitrogens is 4. The van der Waals surface area contributed by atoms with Crippen molar-refractivity contribution in [2.75, 3.05) is 18.5 Å². The lowest BCUT2D eigenvalue weighted by atomic mass is 10.2. The lowest BCUT2D eigenvalue weighted by molar-refractivity contribution is 0.310. The number of nitrogens with zero attached hydrogens (tertiary/aromatic N) is 4.